The van der Waals surface area contributed by atoms with Crippen LogP contribution in [0.3, 0.4) is 0 Å². The Bertz CT molecular complexity index is 794. The molecule has 0 aromatic heterocycles. The molecule has 1 amide bonds. The SMILES string of the molecule is CN(C(=O)C1CCCN(S(=O)(=O)Cc2ccc(Cl)cc2Cl)C1)C1CCCC1. The van der Waals surface area contributed by atoms with Gasteiger partial charge in [-0.25, -0.2) is 12.7 Å². The Kier molecular flexibility index (Phi) is 6.72. The second-order valence-electron chi connectivity index (χ2n) is 7.58. The minimum atomic E-state index is -3.55. The van der Waals surface area contributed by atoms with Crippen molar-refractivity contribution in [2.45, 2.75) is 50.3 Å². The highest BCUT2D eigenvalue weighted by atomic mass is 35.5. The lowest BCUT2D eigenvalue weighted by molar-refractivity contribution is -0.137. The lowest BCUT2D eigenvalue weighted by Crippen LogP contribution is -2.48. The Morgan fingerprint density at radius 2 is 1.89 bits per heavy atom. The number of carbonyl (C=O) groups is 1. The van der Waals surface area contributed by atoms with Crippen LogP contribution in [0.2, 0.25) is 10.0 Å². The maximum absolute atomic E-state index is 12.9. The number of piperidine rings is 1. The molecule has 0 N–H and O–H groups in total. The average Bonchev–Trinajstić information content (AvgIpc) is 3.17. The number of benzene rings is 1. The van der Waals surface area contributed by atoms with Gasteiger partial charge in [0.05, 0.1) is 11.7 Å². The molecule has 3 rings (SSSR count). The lowest BCUT2D eigenvalue weighted by Gasteiger charge is -2.35. The summed E-state index contributed by atoms with van der Waals surface area (Å²) in [6.07, 6.45) is 5.86. The van der Waals surface area contributed by atoms with Crippen LogP contribution in [-0.2, 0) is 20.6 Å². The monoisotopic (exact) mass is 432 g/mol. The van der Waals surface area contributed by atoms with Gasteiger partial charge in [-0.05, 0) is 43.4 Å². The summed E-state index contributed by atoms with van der Waals surface area (Å²) in [6.45, 7) is 0.702. The Morgan fingerprint density at radius 1 is 1.19 bits per heavy atom. The second-order valence-corrected chi connectivity index (χ2v) is 10.4. The van der Waals surface area contributed by atoms with Gasteiger partial charge in [0.1, 0.15) is 0 Å². The standard InChI is InChI=1S/C19H26Cl2N2O3S/c1-22(17-6-2-3-7-17)19(24)14-5-4-10-23(12-14)27(25,26)13-15-8-9-16(20)11-18(15)21/h8-9,11,14,17H,2-7,10,12-13H2,1H3. The predicted molar refractivity (Wildman–Crippen MR) is 108 cm³/mol. The highest BCUT2D eigenvalue weighted by molar-refractivity contribution is 7.88. The molecule has 1 heterocycles. The van der Waals surface area contributed by atoms with Crippen molar-refractivity contribution in [2.75, 3.05) is 20.1 Å². The van der Waals surface area contributed by atoms with E-state index < -0.39 is 10.0 Å². The zero-order valence-electron chi connectivity index (χ0n) is 15.5. The molecular formula is C19H26Cl2N2O3S. The fourth-order valence-corrected chi connectivity index (χ4v) is 6.28. The summed E-state index contributed by atoms with van der Waals surface area (Å²) in [5, 5.41) is 0.816. The molecule has 1 aromatic rings. The number of carbonyl (C=O) groups excluding carboxylic acids is 1. The van der Waals surface area contributed by atoms with E-state index in [1.807, 2.05) is 11.9 Å². The van der Waals surface area contributed by atoms with E-state index in [0.717, 1.165) is 32.1 Å². The van der Waals surface area contributed by atoms with Crippen molar-refractivity contribution >= 4 is 39.1 Å². The number of rotatable bonds is 5. The van der Waals surface area contributed by atoms with E-state index in [2.05, 4.69) is 0 Å². The number of halogens is 2. The zero-order valence-corrected chi connectivity index (χ0v) is 17.9. The molecular weight excluding hydrogens is 407 g/mol. The van der Waals surface area contributed by atoms with Crippen molar-refractivity contribution in [1.82, 2.24) is 9.21 Å². The number of amides is 1. The van der Waals surface area contributed by atoms with Crippen molar-refractivity contribution in [2.24, 2.45) is 5.92 Å². The molecule has 150 valence electrons. The molecule has 0 bridgehead atoms. The van der Waals surface area contributed by atoms with Gasteiger partial charge in [-0.1, -0.05) is 42.1 Å². The van der Waals surface area contributed by atoms with Gasteiger partial charge in [0.25, 0.3) is 0 Å². The van der Waals surface area contributed by atoms with Gasteiger partial charge in [0.15, 0.2) is 0 Å². The first-order chi connectivity index (χ1) is 12.8. The maximum atomic E-state index is 12.9. The van der Waals surface area contributed by atoms with Gasteiger partial charge in [-0.15, -0.1) is 0 Å². The van der Waals surface area contributed by atoms with Crippen LogP contribution >= 0.6 is 23.2 Å². The summed E-state index contributed by atoms with van der Waals surface area (Å²) < 4.78 is 27.2. The van der Waals surface area contributed by atoms with E-state index in [1.165, 1.54) is 4.31 Å². The van der Waals surface area contributed by atoms with Crippen LogP contribution in [0.5, 0.6) is 0 Å². The van der Waals surface area contributed by atoms with Crippen LogP contribution < -0.4 is 0 Å². The number of nitrogens with zero attached hydrogens (tertiary/aromatic N) is 2. The molecule has 5 nitrogen and oxygen atoms in total. The van der Waals surface area contributed by atoms with Crippen LogP contribution in [0.1, 0.15) is 44.1 Å². The highest BCUT2D eigenvalue weighted by Crippen LogP contribution is 2.29. The van der Waals surface area contributed by atoms with Crippen LogP contribution in [-0.4, -0.2) is 49.7 Å². The highest BCUT2D eigenvalue weighted by Gasteiger charge is 2.35. The third kappa shape index (κ3) is 4.97. The third-order valence-electron chi connectivity index (χ3n) is 5.70. The normalized spacial score (nSPS) is 22.1. The smallest absolute Gasteiger partial charge is 0.227 e. The van der Waals surface area contributed by atoms with Crippen LogP contribution in [0.25, 0.3) is 0 Å². The molecule has 8 heteroatoms. The molecule has 0 spiro atoms. The van der Waals surface area contributed by atoms with Crippen LogP contribution in [0, 0.1) is 5.92 Å². The number of hydrogen-bond donors (Lipinski definition) is 0. The van der Waals surface area contributed by atoms with E-state index in [-0.39, 0.29) is 24.1 Å². The van der Waals surface area contributed by atoms with Crippen LogP contribution in [0.4, 0.5) is 0 Å². The molecule has 1 aliphatic heterocycles. The summed E-state index contributed by atoms with van der Waals surface area (Å²) >= 11 is 12.0. The molecule has 1 aliphatic carbocycles. The van der Waals surface area contributed by atoms with Gasteiger partial charge in [0.2, 0.25) is 15.9 Å². The minimum absolute atomic E-state index is 0.0753. The first kappa shape index (κ1) is 20.9. The Labute approximate surface area is 171 Å². The molecule has 1 aromatic carbocycles. The molecule has 1 saturated heterocycles. The molecule has 2 fully saturated rings. The summed E-state index contributed by atoms with van der Waals surface area (Å²) in [5.41, 5.74) is 0.526. The fraction of sp³-hybridized carbons (Fsp3) is 0.632. The summed E-state index contributed by atoms with van der Waals surface area (Å²) in [6, 6.07) is 5.13. The average molecular weight is 433 g/mol. The van der Waals surface area contributed by atoms with E-state index in [4.69, 9.17) is 23.2 Å². The maximum Gasteiger partial charge on any atom is 0.227 e. The first-order valence-electron chi connectivity index (χ1n) is 9.46. The molecule has 2 aliphatic rings. The fourth-order valence-electron chi connectivity index (χ4n) is 4.08. The van der Waals surface area contributed by atoms with Crippen molar-refractivity contribution in [1.29, 1.82) is 0 Å². The molecule has 27 heavy (non-hydrogen) atoms. The van der Waals surface area contributed by atoms with Gasteiger partial charge in [0, 0.05) is 36.2 Å². The van der Waals surface area contributed by atoms with Crippen molar-refractivity contribution < 1.29 is 13.2 Å². The molecule has 1 saturated carbocycles. The number of hydrogen-bond acceptors (Lipinski definition) is 3. The quantitative estimate of drug-likeness (QED) is 0.707. The van der Waals surface area contributed by atoms with Crippen molar-refractivity contribution in [3.63, 3.8) is 0 Å². The van der Waals surface area contributed by atoms with Gasteiger partial charge in [-0.2, -0.15) is 0 Å². The summed E-state index contributed by atoms with van der Waals surface area (Å²) in [7, 11) is -1.69. The Balaban J connectivity index is 1.68. The van der Waals surface area contributed by atoms with E-state index >= 15 is 0 Å². The molecule has 1 unspecified atom stereocenters. The van der Waals surface area contributed by atoms with Crippen molar-refractivity contribution in [3.05, 3.63) is 33.8 Å². The topological polar surface area (TPSA) is 57.7 Å². The van der Waals surface area contributed by atoms with E-state index in [1.54, 1.807) is 18.2 Å². The van der Waals surface area contributed by atoms with Gasteiger partial charge >= 0.3 is 0 Å². The summed E-state index contributed by atoms with van der Waals surface area (Å²) in [4.78, 5) is 14.7. The molecule has 1 atom stereocenters. The zero-order chi connectivity index (χ0) is 19.6. The minimum Gasteiger partial charge on any atom is -0.342 e. The largest absolute Gasteiger partial charge is 0.342 e. The van der Waals surface area contributed by atoms with Crippen LogP contribution in [0.15, 0.2) is 18.2 Å². The summed E-state index contributed by atoms with van der Waals surface area (Å²) in [5.74, 6) is -0.367. The first-order valence-corrected chi connectivity index (χ1v) is 11.8. The Morgan fingerprint density at radius 3 is 2.56 bits per heavy atom. The second kappa shape index (κ2) is 8.68. The predicted octanol–water partition coefficient (Wildman–Crippen LogP) is 3.94. The molecule has 0 radical (unpaired) electrons. The van der Waals surface area contributed by atoms with Gasteiger partial charge in [-0.3, -0.25) is 4.79 Å². The van der Waals surface area contributed by atoms with Crippen molar-refractivity contribution in [3.8, 4) is 0 Å². The van der Waals surface area contributed by atoms with Gasteiger partial charge < -0.3 is 4.90 Å². The van der Waals surface area contributed by atoms with E-state index in [9.17, 15) is 13.2 Å². The Hall–Kier alpha value is -0.820. The third-order valence-corrected chi connectivity index (χ3v) is 8.08. The van der Waals surface area contributed by atoms with E-state index in [0.29, 0.717) is 34.6 Å². The number of sulfonamides is 1. The lowest BCUT2D eigenvalue weighted by atomic mass is 9.97.